The molecule has 0 saturated heterocycles. The van der Waals surface area contributed by atoms with Gasteiger partial charge in [-0.2, -0.15) is 0 Å². The van der Waals surface area contributed by atoms with Gasteiger partial charge in [-0.25, -0.2) is 12.7 Å². The molecule has 0 aromatic heterocycles. The van der Waals surface area contributed by atoms with E-state index >= 15 is 0 Å². The van der Waals surface area contributed by atoms with Crippen LogP contribution in [0.25, 0.3) is 0 Å². The Hall–Kier alpha value is -1.60. The van der Waals surface area contributed by atoms with Crippen LogP contribution < -0.4 is 4.90 Å². The van der Waals surface area contributed by atoms with Gasteiger partial charge in [0.1, 0.15) is 0 Å². The van der Waals surface area contributed by atoms with Crippen LogP contribution in [0, 0.1) is 0 Å². The van der Waals surface area contributed by atoms with Gasteiger partial charge < -0.3 is 4.90 Å². The summed E-state index contributed by atoms with van der Waals surface area (Å²) in [5.74, 6) is 0.00281. The molecule has 8 heteroatoms. The second kappa shape index (κ2) is 7.80. The van der Waals surface area contributed by atoms with E-state index in [9.17, 15) is 13.2 Å². The SMILES string of the molecule is CN(C)S(=O)(=O)c1ccc2c(c1)CCN2C(=O)CCc1ccc(Cl)c(Cl)c1. The van der Waals surface area contributed by atoms with Crippen LogP contribution in [0.2, 0.25) is 10.0 Å². The van der Waals surface area contributed by atoms with E-state index in [0.29, 0.717) is 35.9 Å². The van der Waals surface area contributed by atoms with Gasteiger partial charge in [0.05, 0.1) is 14.9 Å². The second-order valence-electron chi connectivity index (χ2n) is 6.62. The van der Waals surface area contributed by atoms with E-state index in [-0.39, 0.29) is 10.8 Å². The number of carbonyl (C=O) groups excluding carboxylic acids is 1. The maximum atomic E-state index is 12.7. The Morgan fingerprint density at radius 3 is 2.52 bits per heavy atom. The molecule has 0 saturated carbocycles. The number of carbonyl (C=O) groups is 1. The van der Waals surface area contributed by atoms with Gasteiger partial charge in [0.15, 0.2) is 0 Å². The lowest BCUT2D eigenvalue weighted by Crippen LogP contribution is -2.29. The van der Waals surface area contributed by atoms with Crippen molar-refractivity contribution in [2.75, 3.05) is 25.5 Å². The first kappa shape index (κ1) is 20.1. The third-order valence-corrected chi connectivity index (χ3v) is 7.19. The monoisotopic (exact) mass is 426 g/mol. The van der Waals surface area contributed by atoms with Gasteiger partial charge in [-0.15, -0.1) is 0 Å². The van der Waals surface area contributed by atoms with Crippen molar-refractivity contribution in [1.29, 1.82) is 0 Å². The van der Waals surface area contributed by atoms with Gasteiger partial charge in [-0.05, 0) is 54.3 Å². The zero-order chi connectivity index (χ0) is 19.8. The predicted octanol–water partition coefficient (Wildman–Crippen LogP) is 3.77. The highest BCUT2D eigenvalue weighted by Gasteiger charge is 2.27. The summed E-state index contributed by atoms with van der Waals surface area (Å²) < 4.78 is 25.8. The number of anilines is 1. The number of hydrogen-bond donors (Lipinski definition) is 0. The van der Waals surface area contributed by atoms with Gasteiger partial charge in [0, 0.05) is 32.7 Å². The molecule has 0 N–H and O–H groups in total. The van der Waals surface area contributed by atoms with Crippen LogP contribution in [0.1, 0.15) is 17.5 Å². The van der Waals surface area contributed by atoms with Crippen molar-refractivity contribution in [2.45, 2.75) is 24.2 Å². The summed E-state index contributed by atoms with van der Waals surface area (Å²) in [5.41, 5.74) is 2.61. The van der Waals surface area contributed by atoms with Crippen LogP contribution in [-0.2, 0) is 27.7 Å². The smallest absolute Gasteiger partial charge is 0.242 e. The summed E-state index contributed by atoms with van der Waals surface area (Å²) in [4.78, 5) is 14.6. The molecule has 1 amide bonds. The van der Waals surface area contributed by atoms with E-state index in [0.717, 1.165) is 16.8 Å². The number of sulfonamides is 1. The number of hydrogen-bond acceptors (Lipinski definition) is 3. The minimum absolute atomic E-state index is 0.00281. The Morgan fingerprint density at radius 2 is 1.85 bits per heavy atom. The molecule has 2 aromatic carbocycles. The van der Waals surface area contributed by atoms with Crippen molar-refractivity contribution in [1.82, 2.24) is 4.31 Å². The first-order chi connectivity index (χ1) is 12.7. The summed E-state index contributed by atoms with van der Waals surface area (Å²) in [6.07, 6.45) is 1.55. The molecule has 1 aliphatic heterocycles. The third-order valence-electron chi connectivity index (χ3n) is 4.64. The zero-order valence-corrected chi connectivity index (χ0v) is 17.4. The number of benzene rings is 2. The lowest BCUT2D eigenvalue weighted by Gasteiger charge is -2.18. The Bertz CT molecular complexity index is 990. The number of fused-ring (bicyclic) bond motifs is 1. The Kier molecular flexibility index (Phi) is 5.82. The van der Waals surface area contributed by atoms with E-state index in [1.807, 2.05) is 6.07 Å². The molecule has 0 fully saturated rings. The van der Waals surface area contributed by atoms with Gasteiger partial charge in [-0.3, -0.25) is 4.79 Å². The molecule has 0 unspecified atom stereocenters. The van der Waals surface area contributed by atoms with Crippen LogP contribution in [0.5, 0.6) is 0 Å². The lowest BCUT2D eigenvalue weighted by atomic mass is 10.1. The van der Waals surface area contributed by atoms with E-state index in [2.05, 4.69) is 0 Å². The van der Waals surface area contributed by atoms with Crippen LogP contribution in [-0.4, -0.2) is 39.3 Å². The van der Waals surface area contributed by atoms with Gasteiger partial charge in [-0.1, -0.05) is 29.3 Å². The molecule has 0 spiro atoms. The fourth-order valence-corrected chi connectivity index (χ4v) is 4.36. The Labute approximate surface area is 169 Å². The molecule has 0 bridgehead atoms. The average molecular weight is 427 g/mol. The first-order valence-electron chi connectivity index (χ1n) is 8.50. The zero-order valence-electron chi connectivity index (χ0n) is 15.1. The van der Waals surface area contributed by atoms with Crippen molar-refractivity contribution in [3.05, 3.63) is 57.6 Å². The molecule has 5 nitrogen and oxygen atoms in total. The van der Waals surface area contributed by atoms with Crippen LogP contribution in [0.4, 0.5) is 5.69 Å². The van der Waals surface area contributed by atoms with Gasteiger partial charge in [0.2, 0.25) is 15.9 Å². The number of amides is 1. The average Bonchev–Trinajstić information content (AvgIpc) is 3.05. The van der Waals surface area contributed by atoms with Crippen LogP contribution >= 0.6 is 23.2 Å². The summed E-state index contributed by atoms with van der Waals surface area (Å²) >= 11 is 11.9. The van der Waals surface area contributed by atoms with Crippen LogP contribution in [0.15, 0.2) is 41.3 Å². The van der Waals surface area contributed by atoms with Gasteiger partial charge >= 0.3 is 0 Å². The summed E-state index contributed by atoms with van der Waals surface area (Å²) in [7, 11) is -0.481. The van der Waals surface area contributed by atoms with Crippen molar-refractivity contribution in [3.8, 4) is 0 Å². The minimum atomic E-state index is -3.48. The topological polar surface area (TPSA) is 57.7 Å². The largest absolute Gasteiger partial charge is 0.312 e. The quantitative estimate of drug-likeness (QED) is 0.730. The Morgan fingerprint density at radius 1 is 1.11 bits per heavy atom. The molecule has 0 atom stereocenters. The molecule has 1 heterocycles. The maximum absolute atomic E-state index is 12.7. The van der Waals surface area contributed by atoms with Crippen molar-refractivity contribution in [2.24, 2.45) is 0 Å². The molecule has 144 valence electrons. The highest BCUT2D eigenvalue weighted by Crippen LogP contribution is 2.31. The minimum Gasteiger partial charge on any atom is -0.312 e. The van der Waals surface area contributed by atoms with E-state index in [1.54, 1.807) is 35.2 Å². The predicted molar refractivity (Wildman–Crippen MR) is 108 cm³/mol. The van der Waals surface area contributed by atoms with Crippen LogP contribution in [0.3, 0.4) is 0 Å². The van der Waals surface area contributed by atoms with Crippen molar-refractivity contribution >= 4 is 44.8 Å². The molecule has 0 radical (unpaired) electrons. The fourth-order valence-electron chi connectivity index (χ4n) is 3.09. The van der Waals surface area contributed by atoms with E-state index in [4.69, 9.17) is 23.2 Å². The van der Waals surface area contributed by atoms with E-state index < -0.39 is 10.0 Å². The normalized spacial score (nSPS) is 13.9. The number of halogens is 2. The standard InChI is InChI=1S/C19H20Cl2N2O3S/c1-22(2)27(25,26)15-5-7-18-14(12-15)9-10-23(18)19(24)8-4-13-3-6-16(20)17(21)11-13/h3,5-7,11-12H,4,8-10H2,1-2H3. The van der Waals surface area contributed by atoms with E-state index in [1.165, 1.54) is 18.4 Å². The number of rotatable bonds is 5. The van der Waals surface area contributed by atoms with Crippen molar-refractivity contribution < 1.29 is 13.2 Å². The summed E-state index contributed by atoms with van der Waals surface area (Å²) in [6, 6.07) is 10.3. The number of aryl methyl sites for hydroxylation is 1. The molecule has 3 rings (SSSR count). The molecule has 2 aromatic rings. The third kappa shape index (κ3) is 4.14. The highest BCUT2D eigenvalue weighted by molar-refractivity contribution is 7.89. The second-order valence-corrected chi connectivity index (χ2v) is 9.59. The fraction of sp³-hybridized carbons (Fsp3) is 0.316. The highest BCUT2D eigenvalue weighted by atomic mass is 35.5. The summed E-state index contributed by atoms with van der Waals surface area (Å²) in [5, 5.41) is 0.964. The molecule has 27 heavy (non-hydrogen) atoms. The lowest BCUT2D eigenvalue weighted by molar-refractivity contribution is -0.118. The molecular formula is C19H20Cl2N2O3S. The maximum Gasteiger partial charge on any atom is 0.242 e. The number of nitrogens with zero attached hydrogens (tertiary/aromatic N) is 2. The molecular weight excluding hydrogens is 407 g/mol. The van der Waals surface area contributed by atoms with Crippen molar-refractivity contribution in [3.63, 3.8) is 0 Å². The first-order valence-corrected chi connectivity index (χ1v) is 10.7. The van der Waals surface area contributed by atoms with Gasteiger partial charge in [0.25, 0.3) is 0 Å². The Balaban J connectivity index is 1.73. The molecule has 0 aliphatic carbocycles. The summed E-state index contributed by atoms with van der Waals surface area (Å²) in [6.45, 7) is 0.557. The molecule has 1 aliphatic rings.